The second kappa shape index (κ2) is 7.70. The Morgan fingerprint density at radius 1 is 1.43 bits per heavy atom. The van der Waals surface area contributed by atoms with Crippen LogP contribution in [0.1, 0.15) is 42.7 Å². The summed E-state index contributed by atoms with van der Waals surface area (Å²) in [5.41, 5.74) is 0.841. The van der Waals surface area contributed by atoms with Gasteiger partial charge in [-0.1, -0.05) is 19.3 Å². The number of rotatable bonds is 4. The maximum Gasteiger partial charge on any atom is 0.310 e. The Labute approximate surface area is 134 Å². The average Bonchev–Trinajstić information content (AvgIpc) is 2.79. The van der Waals surface area contributed by atoms with Crippen LogP contribution in [0.25, 0.3) is 0 Å². The minimum Gasteiger partial charge on any atom is -0.469 e. The molecule has 1 aliphatic carbocycles. The van der Waals surface area contributed by atoms with E-state index < -0.39 is 0 Å². The number of carbonyl (C=O) groups excluding carboxylic acids is 1. The third-order valence-corrected chi connectivity index (χ3v) is 4.88. The number of anilines is 1. The molecular formula is C14H21N3O2S2. The molecule has 1 saturated carbocycles. The van der Waals surface area contributed by atoms with Crippen LogP contribution in [0.4, 0.5) is 5.13 Å². The molecule has 0 aromatic carbocycles. The molecule has 0 amide bonds. The van der Waals surface area contributed by atoms with Crippen molar-refractivity contribution in [3.8, 4) is 0 Å². The molecule has 0 unspecified atom stereocenters. The molecule has 0 spiro atoms. The average molecular weight is 327 g/mol. The Bertz CT molecular complexity index is 510. The van der Waals surface area contributed by atoms with Gasteiger partial charge in [0.25, 0.3) is 0 Å². The van der Waals surface area contributed by atoms with Gasteiger partial charge in [-0.05, 0) is 32.0 Å². The zero-order valence-electron chi connectivity index (χ0n) is 12.4. The highest BCUT2D eigenvalue weighted by atomic mass is 32.1. The summed E-state index contributed by atoms with van der Waals surface area (Å²) in [6, 6.07) is 0.467. The number of aromatic nitrogens is 1. The highest BCUT2D eigenvalue weighted by Crippen LogP contribution is 2.23. The number of hydrogen-bond acceptors (Lipinski definition) is 5. The van der Waals surface area contributed by atoms with Gasteiger partial charge in [-0.15, -0.1) is 11.3 Å². The Hall–Kier alpha value is -1.21. The van der Waals surface area contributed by atoms with Crippen LogP contribution >= 0.6 is 23.6 Å². The number of thiazole rings is 1. The maximum atomic E-state index is 11.3. The molecule has 0 atom stereocenters. The standard InChI is InChI=1S/C14H21N3O2S2/c1-9-11(8-12(18)19-2)21-14(15-9)17-13(20)16-10-6-4-3-5-7-10/h10H,3-8H2,1-2H3,(H2,15,16,17,20). The first kappa shape index (κ1) is 16.2. The van der Waals surface area contributed by atoms with Gasteiger partial charge in [0.2, 0.25) is 0 Å². The van der Waals surface area contributed by atoms with Gasteiger partial charge < -0.3 is 15.4 Å². The Morgan fingerprint density at radius 2 is 2.14 bits per heavy atom. The van der Waals surface area contributed by atoms with Gasteiger partial charge in [-0.25, -0.2) is 4.98 Å². The van der Waals surface area contributed by atoms with Gasteiger partial charge >= 0.3 is 5.97 Å². The first-order valence-electron chi connectivity index (χ1n) is 7.19. The van der Waals surface area contributed by atoms with Gasteiger partial charge in [0.1, 0.15) is 0 Å². The lowest BCUT2D eigenvalue weighted by atomic mass is 9.96. The number of esters is 1. The fourth-order valence-electron chi connectivity index (χ4n) is 2.41. The van der Waals surface area contributed by atoms with Crippen molar-refractivity contribution >= 4 is 39.8 Å². The molecule has 1 aromatic heterocycles. The largest absolute Gasteiger partial charge is 0.469 e. The maximum absolute atomic E-state index is 11.3. The van der Waals surface area contributed by atoms with Crippen LogP contribution in [-0.4, -0.2) is 29.2 Å². The topological polar surface area (TPSA) is 63.2 Å². The van der Waals surface area contributed by atoms with Gasteiger partial charge in [0.05, 0.1) is 19.2 Å². The van der Waals surface area contributed by atoms with Crippen molar-refractivity contribution in [2.24, 2.45) is 0 Å². The summed E-state index contributed by atoms with van der Waals surface area (Å²) in [6.07, 6.45) is 6.45. The SMILES string of the molecule is COC(=O)Cc1sc(NC(=S)NC2CCCCC2)nc1C. The Balaban J connectivity index is 1.88. The molecule has 0 bridgehead atoms. The van der Waals surface area contributed by atoms with E-state index in [-0.39, 0.29) is 12.4 Å². The van der Waals surface area contributed by atoms with Gasteiger partial charge in [-0.2, -0.15) is 0 Å². The zero-order chi connectivity index (χ0) is 15.2. The van der Waals surface area contributed by atoms with Crippen molar-refractivity contribution < 1.29 is 9.53 Å². The molecule has 21 heavy (non-hydrogen) atoms. The van der Waals surface area contributed by atoms with Crippen LogP contribution in [0.3, 0.4) is 0 Å². The first-order valence-corrected chi connectivity index (χ1v) is 8.41. The van der Waals surface area contributed by atoms with Crippen molar-refractivity contribution in [2.75, 3.05) is 12.4 Å². The Morgan fingerprint density at radius 3 is 2.81 bits per heavy atom. The molecular weight excluding hydrogens is 306 g/mol. The van der Waals surface area contributed by atoms with E-state index in [1.165, 1.54) is 50.6 Å². The van der Waals surface area contributed by atoms with Crippen LogP contribution in [0.2, 0.25) is 0 Å². The Kier molecular flexibility index (Phi) is 5.93. The van der Waals surface area contributed by atoms with Crippen molar-refractivity contribution in [2.45, 2.75) is 51.5 Å². The summed E-state index contributed by atoms with van der Waals surface area (Å²) in [5, 5.41) is 7.79. The van der Waals surface area contributed by atoms with Crippen molar-refractivity contribution in [3.63, 3.8) is 0 Å². The van der Waals surface area contributed by atoms with E-state index in [1.54, 1.807) is 0 Å². The van der Waals surface area contributed by atoms with Crippen molar-refractivity contribution in [3.05, 3.63) is 10.6 Å². The summed E-state index contributed by atoms with van der Waals surface area (Å²) >= 11 is 6.78. The first-order chi connectivity index (χ1) is 10.1. The van der Waals surface area contributed by atoms with Crippen LogP contribution in [0.5, 0.6) is 0 Å². The second-order valence-corrected chi connectivity index (χ2v) is 6.71. The number of ether oxygens (including phenoxy) is 1. The second-order valence-electron chi connectivity index (χ2n) is 5.21. The fourth-order valence-corrected chi connectivity index (χ4v) is 3.69. The minimum atomic E-state index is -0.254. The summed E-state index contributed by atoms with van der Waals surface area (Å²) in [6.45, 7) is 1.89. The molecule has 1 fully saturated rings. The number of hydrogen-bond donors (Lipinski definition) is 2. The van der Waals surface area contributed by atoms with E-state index >= 15 is 0 Å². The third kappa shape index (κ3) is 4.93. The monoisotopic (exact) mass is 327 g/mol. The molecule has 1 aromatic rings. The zero-order valence-corrected chi connectivity index (χ0v) is 14.0. The predicted octanol–water partition coefficient (Wildman–Crippen LogP) is 2.79. The van der Waals surface area contributed by atoms with E-state index in [0.29, 0.717) is 11.2 Å². The molecule has 116 valence electrons. The van der Waals surface area contributed by atoms with Gasteiger partial charge in [0.15, 0.2) is 10.2 Å². The molecule has 2 N–H and O–H groups in total. The molecule has 1 aliphatic rings. The molecule has 0 radical (unpaired) electrons. The number of aryl methyl sites for hydroxylation is 1. The highest BCUT2D eigenvalue weighted by Gasteiger charge is 2.16. The minimum absolute atomic E-state index is 0.254. The van der Waals surface area contributed by atoms with E-state index in [1.807, 2.05) is 6.92 Å². The molecule has 0 aliphatic heterocycles. The fraction of sp³-hybridized carbons (Fsp3) is 0.643. The molecule has 0 saturated heterocycles. The lowest BCUT2D eigenvalue weighted by molar-refractivity contribution is -0.139. The predicted molar refractivity (Wildman–Crippen MR) is 88.8 cm³/mol. The number of carbonyl (C=O) groups is 1. The molecule has 5 nitrogen and oxygen atoms in total. The van der Waals surface area contributed by atoms with E-state index in [2.05, 4.69) is 20.4 Å². The third-order valence-electron chi connectivity index (χ3n) is 3.59. The van der Waals surface area contributed by atoms with Crippen LogP contribution in [0, 0.1) is 6.92 Å². The normalized spacial score (nSPS) is 15.5. The lowest BCUT2D eigenvalue weighted by Crippen LogP contribution is -2.38. The van der Waals surface area contributed by atoms with Crippen molar-refractivity contribution in [1.29, 1.82) is 0 Å². The van der Waals surface area contributed by atoms with E-state index in [9.17, 15) is 4.79 Å². The summed E-state index contributed by atoms with van der Waals surface area (Å²) < 4.78 is 4.68. The smallest absolute Gasteiger partial charge is 0.310 e. The van der Waals surface area contributed by atoms with E-state index in [4.69, 9.17) is 12.2 Å². The van der Waals surface area contributed by atoms with Crippen LogP contribution in [-0.2, 0) is 16.0 Å². The number of methoxy groups -OCH3 is 1. The molecule has 2 rings (SSSR count). The number of nitrogens with one attached hydrogen (secondary N) is 2. The lowest BCUT2D eigenvalue weighted by Gasteiger charge is -2.23. The molecule has 7 heteroatoms. The summed E-state index contributed by atoms with van der Waals surface area (Å²) in [7, 11) is 1.39. The van der Waals surface area contributed by atoms with Gasteiger partial charge in [-0.3, -0.25) is 4.79 Å². The molecule has 1 heterocycles. The number of thiocarbonyl (C=S) groups is 1. The summed E-state index contributed by atoms with van der Waals surface area (Å²) in [4.78, 5) is 16.6. The van der Waals surface area contributed by atoms with Crippen LogP contribution in [0.15, 0.2) is 0 Å². The summed E-state index contributed by atoms with van der Waals surface area (Å²) in [5.74, 6) is -0.254. The van der Waals surface area contributed by atoms with Crippen molar-refractivity contribution in [1.82, 2.24) is 10.3 Å². The van der Waals surface area contributed by atoms with Gasteiger partial charge in [0, 0.05) is 10.9 Å². The number of nitrogens with zero attached hydrogens (tertiary/aromatic N) is 1. The van der Waals surface area contributed by atoms with E-state index in [0.717, 1.165) is 15.7 Å². The quantitative estimate of drug-likeness (QED) is 0.655. The van der Waals surface area contributed by atoms with Crippen LogP contribution < -0.4 is 10.6 Å². The highest BCUT2D eigenvalue weighted by molar-refractivity contribution is 7.80.